The van der Waals surface area contributed by atoms with Gasteiger partial charge in [0.05, 0.1) is 5.69 Å². The summed E-state index contributed by atoms with van der Waals surface area (Å²) in [5.74, 6) is 0. The molecule has 65 valence electrons. The van der Waals surface area contributed by atoms with Gasteiger partial charge in [0.25, 0.3) is 0 Å². The lowest BCUT2D eigenvalue weighted by molar-refractivity contribution is 0.140. The van der Waals surface area contributed by atoms with Crippen molar-refractivity contribution in [1.82, 2.24) is 9.88 Å². The predicted octanol–water partition coefficient (Wildman–Crippen LogP) is 0.838. The minimum atomic E-state index is -0.548. The van der Waals surface area contributed by atoms with Crippen molar-refractivity contribution in [2.24, 2.45) is 0 Å². The van der Waals surface area contributed by atoms with E-state index in [1.54, 1.807) is 17.2 Å². The Morgan fingerprint density at radius 1 is 1.67 bits per heavy atom. The summed E-state index contributed by atoms with van der Waals surface area (Å²) in [5, 5.41) is 9.55. The fraction of sp³-hybridized carbons (Fsp3) is 0.333. The van der Waals surface area contributed by atoms with Crippen LogP contribution < -0.4 is 0 Å². The maximum absolute atomic E-state index is 9.55. The number of nitrogens with zero attached hydrogens (tertiary/aromatic N) is 2. The van der Waals surface area contributed by atoms with Crippen molar-refractivity contribution >= 4 is 0 Å². The second kappa shape index (κ2) is 4.18. The van der Waals surface area contributed by atoms with Crippen LogP contribution in [0.1, 0.15) is 11.8 Å². The molecule has 0 amide bonds. The second-order valence-corrected chi connectivity index (χ2v) is 2.81. The molecule has 0 aromatic carbocycles. The van der Waals surface area contributed by atoms with Gasteiger partial charge in [-0.2, -0.15) is 0 Å². The highest BCUT2D eigenvalue weighted by Crippen LogP contribution is 2.08. The summed E-state index contributed by atoms with van der Waals surface area (Å²) in [7, 11) is 5.46. The fourth-order valence-electron chi connectivity index (χ4n) is 0.962. The van der Waals surface area contributed by atoms with E-state index in [0.717, 1.165) is 0 Å². The Balaban J connectivity index is 2.59. The number of aliphatic hydroxyl groups excluding tert-OH is 1. The first kappa shape index (κ1) is 9.16. The molecular weight excluding hydrogens is 152 g/mol. The van der Waals surface area contributed by atoms with Gasteiger partial charge in [-0.05, 0) is 19.2 Å². The molecule has 0 saturated carbocycles. The molecule has 0 bridgehead atoms. The SMILES string of the molecule is [CH2]N(C)CC(O)c1ccccn1. The van der Waals surface area contributed by atoms with E-state index >= 15 is 0 Å². The van der Waals surface area contributed by atoms with Gasteiger partial charge >= 0.3 is 0 Å². The molecule has 3 nitrogen and oxygen atoms in total. The lowest BCUT2D eigenvalue weighted by Gasteiger charge is -2.14. The first-order valence-corrected chi connectivity index (χ1v) is 3.81. The first-order chi connectivity index (χ1) is 5.70. The predicted molar refractivity (Wildman–Crippen MR) is 47.2 cm³/mol. The van der Waals surface area contributed by atoms with E-state index in [2.05, 4.69) is 12.0 Å². The van der Waals surface area contributed by atoms with Gasteiger partial charge in [-0.25, -0.2) is 0 Å². The molecule has 1 heterocycles. The highest BCUT2D eigenvalue weighted by molar-refractivity contribution is 5.06. The van der Waals surface area contributed by atoms with Gasteiger partial charge in [0.1, 0.15) is 6.10 Å². The van der Waals surface area contributed by atoms with E-state index < -0.39 is 6.10 Å². The molecule has 0 aliphatic carbocycles. The van der Waals surface area contributed by atoms with E-state index in [0.29, 0.717) is 12.2 Å². The first-order valence-electron chi connectivity index (χ1n) is 3.81. The molecule has 0 saturated heterocycles. The largest absolute Gasteiger partial charge is 0.385 e. The van der Waals surface area contributed by atoms with Crippen molar-refractivity contribution < 1.29 is 5.11 Å². The molecule has 1 atom stereocenters. The van der Waals surface area contributed by atoms with Crippen molar-refractivity contribution in [3.63, 3.8) is 0 Å². The Bertz CT molecular complexity index is 223. The van der Waals surface area contributed by atoms with Gasteiger partial charge in [-0.3, -0.25) is 4.98 Å². The Morgan fingerprint density at radius 2 is 2.42 bits per heavy atom. The summed E-state index contributed by atoms with van der Waals surface area (Å²) >= 11 is 0. The molecular formula is C9H13N2O. The Hall–Kier alpha value is -0.930. The van der Waals surface area contributed by atoms with E-state index in [-0.39, 0.29) is 0 Å². The zero-order valence-corrected chi connectivity index (χ0v) is 7.14. The smallest absolute Gasteiger partial charge is 0.109 e. The molecule has 1 rings (SSSR count). The van der Waals surface area contributed by atoms with Crippen LogP contribution in [-0.2, 0) is 0 Å². The number of pyridine rings is 1. The molecule has 1 aromatic heterocycles. The van der Waals surface area contributed by atoms with Crippen LogP contribution >= 0.6 is 0 Å². The van der Waals surface area contributed by atoms with Crippen LogP contribution in [0, 0.1) is 7.05 Å². The molecule has 0 spiro atoms. The molecule has 1 N–H and O–H groups in total. The molecule has 12 heavy (non-hydrogen) atoms. The van der Waals surface area contributed by atoms with E-state index in [1.807, 2.05) is 19.2 Å². The van der Waals surface area contributed by atoms with Crippen molar-refractivity contribution in [2.45, 2.75) is 6.10 Å². The molecule has 0 aliphatic rings. The van der Waals surface area contributed by atoms with Crippen LogP contribution in [-0.4, -0.2) is 28.6 Å². The molecule has 3 heteroatoms. The second-order valence-electron chi connectivity index (χ2n) is 2.81. The Morgan fingerprint density at radius 3 is 2.92 bits per heavy atom. The molecule has 0 aliphatic heterocycles. The van der Waals surface area contributed by atoms with E-state index in [4.69, 9.17) is 0 Å². The Kier molecular flexibility index (Phi) is 3.19. The van der Waals surface area contributed by atoms with Crippen LogP contribution in [0.4, 0.5) is 0 Å². The van der Waals surface area contributed by atoms with Gasteiger partial charge < -0.3 is 10.0 Å². The van der Waals surface area contributed by atoms with Crippen molar-refractivity contribution in [2.75, 3.05) is 13.6 Å². The normalized spacial score (nSPS) is 13.3. The van der Waals surface area contributed by atoms with Crippen molar-refractivity contribution in [1.29, 1.82) is 0 Å². The minimum Gasteiger partial charge on any atom is -0.385 e. The van der Waals surface area contributed by atoms with E-state index in [9.17, 15) is 5.11 Å². The maximum Gasteiger partial charge on any atom is 0.109 e. The zero-order valence-electron chi connectivity index (χ0n) is 7.14. The summed E-state index contributed by atoms with van der Waals surface area (Å²) in [6.45, 7) is 0.497. The zero-order chi connectivity index (χ0) is 8.97. The number of aromatic nitrogens is 1. The summed E-state index contributed by atoms with van der Waals surface area (Å²) in [6, 6.07) is 5.48. The topological polar surface area (TPSA) is 36.4 Å². The molecule has 1 unspecified atom stereocenters. The van der Waals surface area contributed by atoms with Crippen LogP contribution in [0.15, 0.2) is 24.4 Å². The lowest BCUT2D eigenvalue weighted by Crippen LogP contribution is -2.18. The van der Waals surface area contributed by atoms with E-state index in [1.165, 1.54) is 0 Å². The van der Waals surface area contributed by atoms with Gasteiger partial charge in [0.15, 0.2) is 0 Å². The van der Waals surface area contributed by atoms with Gasteiger partial charge in [-0.1, -0.05) is 6.07 Å². The standard InChI is InChI=1S/C9H13N2O/c1-11(2)7-9(12)8-5-3-4-6-10-8/h3-6,9,12H,1,7H2,2H3. The van der Waals surface area contributed by atoms with Crippen molar-refractivity contribution in [3.05, 3.63) is 37.1 Å². The van der Waals surface area contributed by atoms with Crippen LogP contribution in [0.2, 0.25) is 0 Å². The monoisotopic (exact) mass is 165 g/mol. The lowest BCUT2D eigenvalue weighted by atomic mass is 10.2. The highest BCUT2D eigenvalue weighted by Gasteiger charge is 2.08. The molecule has 1 aromatic rings. The van der Waals surface area contributed by atoms with Crippen LogP contribution in [0.3, 0.4) is 0 Å². The number of likely N-dealkylation sites (N-methyl/N-ethyl adjacent to an activating group) is 1. The third-order valence-corrected chi connectivity index (χ3v) is 1.51. The van der Waals surface area contributed by atoms with Crippen molar-refractivity contribution in [3.8, 4) is 0 Å². The average molecular weight is 165 g/mol. The Labute approximate surface area is 72.7 Å². The minimum absolute atomic E-state index is 0.497. The summed E-state index contributed by atoms with van der Waals surface area (Å²) < 4.78 is 0. The quantitative estimate of drug-likeness (QED) is 0.721. The third-order valence-electron chi connectivity index (χ3n) is 1.51. The van der Waals surface area contributed by atoms with Crippen LogP contribution in [0.5, 0.6) is 0 Å². The average Bonchev–Trinajstić information content (AvgIpc) is 2.05. The van der Waals surface area contributed by atoms with Gasteiger partial charge in [-0.15, -0.1) is 0 Å². The molecule has 0 fully saturated rings. The number of hydrogen-bond donors (Lipinski definition) is 1. The van der Waals surface area contributed by atoms with Crippen LogP contribution in [0.25, 0.3) is 0 Å². The van der Waals surface area contributed by atoms with Gasteiger partial charge in [0, 0.05) is 19.8 Å². The summed E-state index contributed by atoms with van der Waals surface area (Å²) in [6.07, 6.45) is 1.12. The summed E-state index contributed by atoms with van der Waals surface area (Å²) in [5.41, 5.74) is 0.688. The third kappa shape index (κ3) is 2.60. The summed E-state index contributed by atoms with van der Waals surface area (Å²) in [4.78, 5) is 5.71. The van der Waals surface area contributed by atoms with Gasteiger partial charge in [0.2, 0.25) is 0 Å². The number of hydrogen-bond acceptors (Lipinski definition) is 3. The number of rotatable bonds is 3. The maximum atomic E-state index is 9.55. The fourth-order valence-corrected chi connectivity index (χ4v) is 0.962. The number of aliphatic hydroxyl groups is 1. The highest BCUT2D eigenvalue weighted by atomic mass is 16.3. The molecule has 1 radical (unpaired) electrons.